The maximum absolute atomic E-state index is 11.8. The maximum Gasteiger partial charge on any atom is 0.319 e. The molecule has 128 valence electrons. The molecule has 0 radical (unpaired) electrons. The minimum absolute atomic E-state index is 0.263. The zero-order chi connectivity index (χ0) is 17.5. The van der Waals surface area contributed by atoms with Gasteiger partial charge in [-0.25, -0.2) is 4.79 Å². The zero-order valence-electron chi connectivity index (χ0n) is 14.6. The standard InChI is InChI=1S/C19H24N2O3/c1-13-11-15(3)18(12-14(13)2)24-10-9-20-19(22)21-16-5-7-17(23-4)8-6-16/h5-8,11-12H,9-10H2,1-4H3,(H2,20,21,22). The Labute approximate surface area is 143 Å². The average molecular weight is 328 g/mol. The predicted molar refractivity (Wildman–Crippen MR) is 96.2 cm³/mol. The number of methoxy groups -OCH3 is 1. The molecule has 5 nitrogen and oxygen atoms in total. The molecule has 0 saturated heterocycles. The molecule has 0 fully saturated rings. The van der Waals surface area contributed by atoms with Crippen molar-refractivity contribution < 1.29 is 14.3 Å². The molecule has 5 heteroatoms. The van der Waals surface area contributed by atoms with Crippen LogP contribution >= 0.6 is 0 Å². The van der Waals surface area contributed by atoms with Crippen LogP contribution in [0.4, 0.5) is 10.5 Å². The number of benzene rings is 2. The smallest absolute Gasteiger partial charge is 0.319 e. The summed E-state index contributed by atoms with van der Waals surface area (Å²) in [5.74, 6) is 1.61. The van der Waals surface area contributed by atoms with Gasteiger partial charge in [0.05, 0.1) is 13.7 Å². The molecule has 24 heavy (non-hydrogen) atoms. The number of amides is 2. The van der Waals surface area contributed by atoms with Gasteiger partial charge in [0.15, 0.2) is 0 Å². The molecule has 0 saturated carbocycles. The maximum atomic E-state index is 11.8. The van der Waals surface area contributed by atoms with Crippen LogP contribution in [0.5, 0.6) is 11.5 Å². The molecule has 0 atom stereocenters. The van der Waals surface area contributed by atoms with Crippen LogP contribution in [0.2, 0.25) is 0 Å². The van der Waals surface area contributed by atoms with Crippen LogP contribution < -0.4 is 20.1 Å². The lowest BCUT2D eigenvalue weighted by Gasteiger charge is -2.12. The molecular weight excluding hydrogens is 304 g/mol. The summed E-state index contributed by atoms with van der Waals surface area (Å²) in [7, 11) is 1.60. The van der Waals surface area contributed by atoms with Gasteiger partial charge in [0.1, 0.15) is 18.1 Å². The molecule has 2 aromatic rings. The molecule has 2 amide bonds. The van der Waals surface area contributed by atoms with Gasteiger partial charge in [0.2, 0.25) is 0 Å². The Balaban J connectivity index is 1.75. The normalized spacial score (nSPS) is 10.2. The summed E-state index contributed by atoms with van der Waals surface area (Å²) in [4.78, 5) is 11.8. The van der Waals surface area contributed by atoms with Gasteiger partial charge in [-0.2, -0.15) is 0 Å². The Bertz CT molecular complexity index is 697. The van der Waals surface area contributed by atoms with Crippen LogP contribution in [0.3, 0.4) is 0 Å². The van der Waals surface area contributed by atoms with E-state index in [-0.39, 0.29) is 6.03 Å². The van der Waals surface area contributed by atoms with Gasteiger partial charge in [-0.3, -0.25) is 0 Å². The number of nitrogens with one attached hydrogen (secondary N) is 2. The van der Waals surface area contributed by atoms with Crippen molar-refractivity contribution in [2.45, 2.75) is 20.8 Å². The lowest BCUT2D eigenvalue weighted by Crippen LogP contribution is -2.32. The van der Waals surface area contributed by atoms with E-state index in [1.165, 1.54) is 11.1 Å². The number of rotatable bonds is 6. The van der Waals surface area contributed by atoms with Crippen molar-refractivity contribution in [2.24, 2.45) is 0 Å². The van der Waals surface area contributed by atoms with E-state index in [0.717, 1.165) is 17.1 Å². The fourth-order valence-electron chi connectivity index (χ4n) is 2.26. The first-order chi connectivity index (χ1) is 11.5. The first kappa shape index (κ1) is 17.7. The number of ether oxygens (including phenoxy) is 2. The van der Waals surface area contributed by atoms with Crippen molar-refractivity contribution in [3.05, 3.63) is 53.1 Å². The van der Waals surface area contributed by atoms with Crippen molar-refractivity contribution in [1.29, 1.82) is 0 Å². The fourth-order valence-corrected chi connectivity index (χ4v) is 2.26. The van der Waals surface area contributed by atoms with Crippen LogP contribution in [-0.2, 0) is 0 Å². The largest absolute Gasteiger partial charge is 0.497 e. The summed E-state index contributed by atoms with van der Waals surface area (Å²) in [5, 5.41) is 5.53. The summed E-state index contributed by atoms with van der Waals surface area (Å²) in [5.41, 5.74) is 4.25. The number of carbonyl (C=O) groups excluding carboxylic acids is 1. The van der Waals surface area contributed by atoms with E-state index in [4.69, 9.17) is 9.47 Å². The van der Waals surface area contributed by atoms with Crippen LogP contribution in [0, 0.1) is 20.8 Å². The molecule has 2 rings (SSSR count). The molecule has 2 aromatic carbocycles. The molecule has 0 aliphatic heterocycles. The minimum Gasteiger partial charge on any atom is -0.497 e. The van der Waals surface area contributed by atoms with Crippen molar-refractivity contribution in [3.63, 3.8) is 0 Å². The SMILES string of the molecule is COc1ccc(NC(=O)NCCOc2cc(C)c(C)cc2C)cc1. The first-order valence-electron chi connectivity index (χ1n) is 7.89. The van der Waals surface area contributed by atoms with E-state index in [9.17, 15) is 4.79 Å². The topological polar surface area (TPSA) is 59.6 Å². The third kappa shape index (κ3) is 4.91. The van der Waals surface area contributed by atoms with Gasteiger partial charge in [-0.15, -0.1) is 0 Å². The monoisotopic (exact) mass is 328 g/mol. The number of anilines is 1. The molecule has 0 aliphatic rings. The number of aryl methyl sites for hydroxylation is 3. The minimum atomic E-state index is -0.263. The second-order valence-electron chi connectivity index (χ2n) is 5.66. The molecule has 0 heterocycles. The summed E-state index contributed by atoms with van der Waals surface area (Å²) in [6, 6.07) is 11.0. The lowest BCUT2D eigenvalue weighted by molar-refractivity contribution is 0.247. The third-order valence-electron chi connectivity index (χ3n) is 3.78. The number of hydrogen-bond donors (Lipinski definition) is 2. The second-order valence-corrected chi connectivity index (χ2v) is 5.66. The van der Waals surface area contributed by atoms with Crippen molar-refractivity contribution >= 4 is 11.7 Å². The zero-order valence-corrected chi connectivity index (χ0v) is 14.6. The van der Waals surface area contributed by atoms with Gasteiger partial charge in [-0.05, 0) is 67.8 Å². The molecule has 0 aliphatic carbocycles. The number of urea groups is 1. The van der Waals surface area contributed by atoms with E-state index in [2.05, 4.69) is 30.5 Å². The Morgan fingerprint density at radius 2 is 1.67 bits per heavy atom. The van der Waals surface area contributed by atoms with E-state index in [1.807, 2.05) is 13.0 Å². The Morgan fingerprint density at radius 3 is 2.33 bits per heavy atom. The second kappa shape index (κ2) is 8.24. The molecule has 0 unspecified atom stereocenters. The summed E-state index contributed by atoms with van der Waals surface area (Å²) in [6.45, 7) is 7.00. The summed E-state index contributed by atoms with van der Waals surface area (Å²) in [6.07, 6.45) is 0. The molecule has 0 aromatic heterocycles. The van der Waals surface area contributed by atoms with Gasteiger partial charge in [-0.1, -0.05) is 6.07 Å². The summed E-state index contributed by atoms with van der Waals surface area (Å²) >= 11 is 0. The van der Waals surface area contributed by atoms with E-state index in [1.54, 1.807) is 31.4 Å². The molecular formula is C19H24N2O3. The van der Waals surface area contributed by atoms with Crippen molar-refractivity contribution in [2.75, 3.05) is 25.6 Å². The van der Waals surface area contributed by atoms with Crippen molar-refractivity contribution in [3.8, 4) is 11.5 Å². The first-order valence-corrected chi connectivity index (χ1v) is 7.89. The fraction of sp³-hybridized carbons (Fsp3) is 0.316. The van der Waals surface area contributed by atoms with Gasteiger partial charge < -0.3 is 20.1 Å². The van der Waals surface area contributed by atoms with E-state index in [0.29, 0.717) is 18.8 Å². The van der Waals surface area contributed by atoms with Gasteiger partial charge in [0, 0.05) is 5.69 Å². The van der Waals surface area contributed by atoms with Gasteiger partial charge in [0.25, 0.3) is 0 Å². The van der Waals surface area contributed by atoms with E-state index >= 15 is 0 Å². The van der Waals surface area contributed by atoms with Crippen molar-refractivity contribution in [1.82, 2.24) is 5.32 Å². The number of carbonyl (C=O) groups is 1. The quantitative estimate of drug-likeness (QED) is 0.793. The third-order valence-corrected chi connectivity index (χ3v) is 3.78. The van der Waals surface area contributed by atoms with Crippen LogP contribution in [-0.4, -0.2) is 26.3 Å². The average Bonchev–Trinajstić information content (AvgIpc) is 2.56. The summed E-state index contributed by atoms with van der Waals surface area (Å²) < 4.78 is 10.8. The van der Waals surface area contributed by atoms with E-state index < -0.39 is 0 Å². The Hall–Kier alpha value is -2.69. The van der Waals surface area contributed by atoms with Crippen LogP contribution in [0.25, 0.3) is 0 Å². The van der Waals surface area contributed by atoms with Crippen LogP contribution in [0.1, 0.15) is 16.7 Å². The highest BCUT2D eigenvalue weighted by Gasteiger charge is 2.04. The highest BCUT2D eigenvalue weighted by atomic mass is 16.5. The Morgan fingerprint density at radius 1 is 1.00 bits per heavy atom. The highest BCUT2D eigenvalue weighted by molar-refractivity contribution is 5.89. The predicted octanol–water partition coefficient (Wildman–Crippen LogP) is 3.82. The number of hydrogen-bond acceptors (Lipinski definition) is 3. The van der Waals surface area contributed by atoms with Crippen LogP contribution in [0.15, 0.2) is 36.4 Å². The Kier molecular flexibility index (Phi) is 6.07. The molecule has 0 bridgehead atoms. The highest BCUT2D eigenvalue weighted by Crippen LogP contribution is 2.22. The van der Waals surface area contributed by atoms with Gasteiger partial charge >= 0.3 is 6.03 Å². The molecule has 0 spiro atoms. The lowest BCUT2D eigenvalue weighted by atomic mass is 10.1. The molecule has 2 N–H and O–H groups in total.